The van der Waals surface area contributed by atoms with Gasteiger partial charge in [-0.1, -0.05) is 6.07 Å². The number of halogens is 3. The number of hydrogen-bond acceptors (Lipinski definition) is 6. The maximum Gasteiger partial charge on any atom is 0.416 e. The Morgan fingerprint density at radius 2 is 1.90 bits per heavy atom. The van der Waals surface area contributed by atoms with Crippen LogP contribution in [0.25, 0.3) is 0 Å². The molecule has 0 radical (unpaired) electrons. The Kier molecular flexibility index (Phi) is 6.01. The van der Waals surface area contributed by atoms with Gasteiger partial charge >= 0.3 is 6.18 Å². The van der Waals surface area contributed by atoms with Crippen LogP contribution in [-0.4, -0.2) is 29.0 Å². The van der Waals surface area contributed by atoms with Gasteiger partial charge in [0.15, 0.2) is 5.69 Å². The molecule has 0 saturated carbocycles. The minimum absolute atomic E-state index is 0.0363. The highest BCUT2D eigenvalue weighted by molar-refractivity contribution is 6.10. The van der Waals surface area contributed by atoms with Crippen molar-refractivity contribution in [3.63, 3.8) is 0 Å². The number of nitrogens with one attached hydrogen (secondary N) is 4. The van der Waals surface area contributed by atoms with E-state index in [1.54, 1.807) is 0 Å². The molecule has 9 nitrogen and oxygen atoms in total. The Labute approximate surface area is 167 Å². The zero-order valence-electron chi connectivity index (χ0n) is 15.2. The molecule has 0 saturated heterocycles. The van der Waals surface area contributed by atoms with Crippen molar-refractivity contribution < 1.29 is 33.2 Å². The van der Waals surface area contributed by atoms with E-state index < -0.39 is 34.8 Å². The first-order valence-electron chi connectivity index (χ1n) is 8.58. The highest BCUT2D eigenvalue weighted by Gasteiger charge is 2.31. The predicted molar refractivity (Wildman–Crippen MR) is 99.9 cm³/mol. The van der Waals surface area contributed by atoms with Crippen molar-refractivity contribution >= 4 is 34.8 Å². The molecule has 5 N–H and O–H groups in total. The topological polar surface area (TPSA) is 130 Å². The fourth-order valence-electron chi connectivity index (χ4n) is 2.64. The number of anilines is 2. The lowest BCUT2D eigenvalue weighted by Gasteiger charge is -2.21. The van der Waals surface area contributed by atoms with Gasteiger partial charge < -0.3 is 15.8 Å². The van der Waals surface area contributed by atoms with E-state index in [2.05, 4.69) is 20.9 Å². The SMILES string of the molecule is O=C1C[C@H](C(=O)Nc2ccc([NH+]([O-])O)cc2)N=C(Nc2cccc(C(F)(F)F)c2)N1. The van der Waals surface area contributed by atoms with E-state index in [4.69, 9.17) is 5.21 Å². The Hall–Kier alpha value is -3.48. The number of benzene rings is 2. The van der Waals surface area contributed by atoms with E-state index in [0.29, 0.717) is 5.69 Å². The van der Waals surface area contributed by atoms with Crippen molar-refractivity contribution in [3.05, 3.63) is 59.3 Å². The van der Waals surface area contributed by atoms with Crippen LogP contribution < -0.4 is 21.2 Å². The van der Waals surface area contributed by atoms with Gasteiger partial charge in [-0.3, -0.25) is 14.9 Å². The lowest BCUT2D eigenvalue weighted by Crippen LogP contribution is -2.99. The molecule has 3 rings (SSSR count). The largest absolute Gasteiger partial charge is 0.595 e. The highest BCUT2D eigenvalue weighted by Crippen LogP contribution is 2.30. The zero-order valence-corrected chi connectivity index (χ0v) is 15.2. The van der Waals surface area contributed by atoms with Gasteiger partial charge in [0.25, 0.3) is 0 Å². The van der Waals surface area contributed by atoms with Crippen molar-refractivity contribution in [3.8, 4) is 0 Å². The molecule has 1 unspecified atom stereocenters. The number of hydrogen-bond donors (Lipinski definition) is 5. The number of quaternary nitrogens is 1. The van der Waals surface area contributed by atoms with Crippen LogP contribution in [0.5, 0.6) is 0 Å². The average Bonchev–Trinajstić information content (AvgIpc) is 2.67. The molecule has 2 amide bonds. The Morgan fingerprint density at radius 3 is 2.53 bits per heavy atom. The van der Waals surface area contributed by atoms with Crippen LogP contribution in [0, 0.1) is 5.21 Å². The van der Waals surface area contributed by atoms with Gasteiger partial charge in [-0.05, 0) is 30.3 Å². The second-order valence-corrected chi connectivity index (χ2v) is 6.32. The summed E-state index contributed by atoms with van der Waals surface area (Å²) in [7, 11) is 0. The van der Waals surface area contributed by atoms with Crippen LogP contribution in [0.3, 0.4) is 0 Å². The molecule has 0 bridgehead atoms. The first kappa shape index (κ1) is 21.2. The molecule has 2 atom stereocenters. The number of alkyl halides is 3. The second-order valence-electron chi connectivity index (χ2n) is 6.32. The van der Waals surface area contributed by atoms with Crippen molar-refractivity contribution in [1.82, 2.24) is 5.32 Å². The van der Waals surface area contributed by atoms with Gasteiger partial charge in [0.05, 0.1) is 12.0 Å². The first-order chi connectivity index (χ1) is 14.1. The van der Waals surface area contributed by atoms with Crippen molar-refractivity contribution in [1.29, 1.82) is 0 Å². The fraction of sp³-hybridized carbons (Fsp3) is 0.167. The summed E-state index contributed by atoms with van der Waals surface area (Å²) in [5.41, 5.74) is -0.502. The van der Waals surface area contributed by atoms with Crippen LogP contribution in [0.4, 0.5) is 30.2 Å². The summed E-state index contributed by atoms with van der Waals surface area (Å²) in [6, 6.07) is 8.56. The van der Waals surface area contributed by atoms with Crippen molar-refractivity contribution in [2.45, 2.75) is 18.6 Å². The van der Waals surface area contributed by atoms with Gasteiger partial charge in [-0.15, -0.1) is 0 Å². The van der Waals surface area contributed by atoms with Crippen LogP contribution in [0.1, 0.15) is 12.0 Å². The third-order valence-electron chi connectivity index (χ3n) is 4.08. The molecule has 158 valence electrons. The fourth-order valence-corrected chi connectivity index (χ4v) is 2.64. The summed E-state index contributed by atoms with van der Waals surface area (Å²) in [6.45, 7) is 0. The number of carbonyl (C=O) groups excluding carboxylic acids is 2. The third-order valence-corrected chi connectivity index (χ3v) is 4.08. The Bertz CT molecular complexity index is 977. The summed E-state index contributed by atoms with van der Waals surface area (Å²) in [5.74, 6) is -1.33. The molecule has 0 aromatic heterocycles. The van der Waals surface area contributed by atoms with E-state index in [0.717, 1.165) is 12.1 Å². The smallest absolute Gasteiger partial charge is 0.416 e. The average molecular weight is 423 g/mol. The van der Waals surface area contributed by atoms with E-state index >= 15 is 0 Å². The van der Waals surface area contributed by atoms with E-state index in [1.165, 1.54) is 36.4 Å². The van der Waals surface area contributed by atoms with Crippen molar-refractivity contribution in [2.24, 2.45) is 4.99 Å². The van der Waals surface area contributed by atoms with Gasteiger partial charge in [-0.2, -0.15) is 18.4 Å². The lowest BCUT2D eigenvalue weighted by atomic mass is 10.1. The summed E-state index contributed by atoms with van der Waals surface area (Å²) in [5, 5.41) is 26.1. The molecule has 0 spiro atoms. The quantitative estimate of drug-likeness (QED) is 0.475. The number of aliphatic imine (C=N–C) groups is 1. The number of guanidine groups is 1. The molecule has 0 aliphatic carbocycles. The van der Waals surface area contributed by atoms with Gasteiger partial charge in [0.1, 0.15) is 6.04 Å². The zero-order chi connectivity index (χ0) is 21.9. The maximum atomic E-state index is 12.8. The molecular formula is C18H16F3N5O4. The van der Waals surface area contributed by atoms with Gasteiger partial charge in [0.2, 0.25) is 17.8 Å². The molecule has 1 heterocycles. The summed E-state index contributed by atoms with van der Waals surface area (Å²) < 4.78 is 38.5. The summed E-state index contributed by atoms with van der Waals surface area (Å²) in [4.78, 5) is 28.4. The van der Waals surface area contributed by atoms with Crippen LogP contribution in [-0.2, 0) is 15.8 Å². The summed E-state index contributed by atoms with van der Waals surface area (Å²) >= 11 is 0. The van der Waals surface area contributed by atoms with Crippen LogP contribution in [0.15, 0.2) is 53.5 Å². The molecule has 12 heteroatoms. The standard InChI is InChI=1S/C18H16F3N5O4/c19-18(20,21)10-2-1-3-12(8-10)23-17-24-14(9-15(27)25-17)16(28)22-11-4-6-13(7-5-11)26(29)30/h1-8,14,26,29H,9H2,(H,22,28)(H2,23,24,25,27)/t14-/m1/s1. The molecule has 2 aromatic rings. The Balaban J connectivity index is 1.72. The van der Waals surface area contributed by atoms with Crippen LogP contribution in [0.2, 0.25) is 0 Å². The second kappa shape index (κ2) is 8.49. The van der Waals surface area contributed by atoms with Crippen LogP contribution >= 0.6 is 0 Å². The Morgan fingerprint density at radius 1 is 1.20 bits per heavy atom. The summed E-state index contributed by atoms with van der Waals surface area (Å²) in [6.07, 6.45) is -4.79. The van der Waals surface area contributed by atoms with E-state index in [1.807, 2.05) is 0 Å². The van der Waals surface area contributed by atoms with Gasteiger partial charge in [0, 0.05) is 23.5 Å². The van der Waals surface area contributed by atoms with E-state index in [9.17, 15) is 28.0 Å². The molecule has 2 aromatic carbocycles. The molecule has 1 aliphatic heterocycles. The number of rotatable bonds is 4. The molecule has 0 fully saturated rings. The molecule has 30 heavy (non-hydrogen) atoms. The molecular weight excluding hydrogens is 407 g/mol. The lowest BCUT2D eigenvalue weighted by molar-refractivity contribution is -0.991. The predicted octanol–water partition coefficient (Wildman–Crippen LogP) is 1.40. The van der Waals surface area contributed by atoms with Gasteiger partial charge in [-0.25, -0.2) is 10.2 Å². The normalized spacial score (nSPS) is 17.6. The maximum absolute atomic E-state index is 12.8. The minimum Gasteiger partial charge on any atom is -0.595 e. The minimum atomic E-state index is -4.53. The van der Waals surface area contributed by atoms with Crippen molar-refractivity contribution in [2.75, 3.05) is 10.6 Å². The monoisotopic (exact) mass is 423 g/mol. The number of amides is 2. The third kappa shape index (κ3) is 5.31. The number of carbonyl (C=O) groups is 2. The van der Waals surface area contributed by atoms with E-state index in [-0.39, 0.29) is 23.8 Å². The highest BCUT2D eigenvalue weighted by atomic mass is 19.4. The first-order valence-corrected chi connectivity index (χ1v) is 8.58. The molecule has 1 aliphatic rings. The number of nitrogens with zero attached hydrogens (tertiary/aromatic N) is 1.